The molecule has 0 aliphatic heterocycles. The normalized spacial score (nSPS) is 10.2. The summed E-state index contributed by atoms with van der Waals surface area (Å²) >= 11 is 3.33. The third kappa shape index (κ3) is 5.86. The molecule has 6 nitrogen and oxygen atoms in total. The molecule has 0 bridgehead atoms. The van der Waals surface area contributed by atoms with Crippen LogP contribution in [0.1, 0.15) is 34.6 Å². The maximum Gasteiger partial charge on any atom is 0.273 e. The van der Waals surface area contributed by atoms with Crippen LogP contribution in [0.5, 0.6) is 11.5 Å². The minimum absolute atomic E-state index is 0.0961. The van der Waals surface area contributed by atoms with Gasteiger partial charge in [-0.15, -0.1) is 0 Å². The molecule has 0 atom stereocenters. The lowest BCUT2D eigenvalue weighted by Crippen LogP contribution is -2.42. The van der Waals surface area contributed by atoms with Crippen LogP contribution >= 0.6 is 15.9 Å². The first-order valence-corrected chi connectivity index (χ1v) is 9.11. The summed E-state index contributed by atoms with van der Waals surface area (Å²) in [6.07, 6.45) is 1.49. The van der Waals surface area contributed by atoms with Crippen molar-refractivity contribution >= 4 is 27.7 Å². The Morgan fingerprint density at radius 1 is 1.07 bits per heavy atom. The van der Waals surface area contributed by atoms with E-state index in [2.05, 4.69) is 33.4 Å². The zero-order valence-electron chi connectivity index (χ0n) is 15.1. The second-order valence-corrected chi connectivity index (χ2v) is 6.73. The van der Waals surface area contributed by atoms with Gasteiger partial charge >= 0.3 is 0 Å². The van der Waals surface area contributed by atoms with Gasteiger partial charge < -0.3 is 9.47 Å². The van der Waals surface area contributed by atoms with E-state index in [0.29, 0.717) is 22.6 Å². The smallest absolute Gasteiger partial charge is 0.273 e. The van der Waals surface area contributed by atoms with Crippen molar-refractivity contribution in [1.29, 1.82) is 0 Å². The highest BCUT2D eigenvalue weighted by Crippen LogP contribution is 2.24. The number of carbonyl (C=O) groups is 2. The third-order valence-electron chi connectivity index (χ3n) is 3.33. The number of carbonyl (C=O) groups excluding carboxylic acids is 2. The Bertz CT molecular complexity index is 836. The topological polar surface area (TPSA) is 76.7 Å². The van der Waals surface area contributed by atoms with Crippen molar-refractivity contribution in [1.82, 2.24) is 10.9 Å². The zero-order chi connectivity index (χ0) is 19.8. The fourth-order valence-corrected chi connectivity index (χ4v) is 2.57. The molecule has 0 spiro atoms. The number of hydrazine groups is 1. The number of halogens is 1. The van der Waals surface area contributed by atoms with Crippen molar-refractivity contribution in [2.45, 2.75) is 20.0 Å². The van der Waals surface area contributed by atoms with E-state index in [1.807, 2.05) is 13.8 Å². The summed E-state index contributed by atoms with van der Waals surface area (Å²) < 4.78 is 11.8. The number of rotatable bonds is 7. The number of nitrogens with one attached hydrogen (secondary N) is 2. The van der Waals surface area contributed by atoms with Crippen LogP contribution in [0.4, 0.5) is 0 Å². The molecule has 2 aromatic rings. The summed E-state index contributed by atoms with van der Waals surface area (Å²) in [7, 11) is 0. The Balaban J connectivity index is 2.11. The first kappa shape index (κ1) is 20.5. The second kappa shape index (κ2) is 9.78. The number of ether oxygens (including phenoxy) is 2. The molecule has 2 aromatic carbocycles. The maximum atomic E-state index is 12.5. The number of benzene rings is 2. The molecule has 7 heteroatoms. The molecule has 0 aliphatic rings. The number of amides is 2. The quantitative estimate of drug-likeness (QED) is 0.514. The molecule has 0 unspecified atom stereocenters. The molecule has 27 heavy (non-hydrogen) atoms. The van der Waals surface area contributed by atoms with E-state index in [-0.39, 0.29) is 12.7 Å². The standard InChI is InChI=1S/C20H21BrN2O4/c1-4-11-26-17-8-6-5-7-15(17)19(24)22-23-20(25)16-12-14(21)9-10-18(16)27-13(2)3/h4-10,12-13H,1,11H2,2-3H3,(H,22,24)(H,23,25). The molecular weight excluding hydrogens is 412 g/mol. The lowest BCUT2D eigenvalue weighted by Gasteiger charge is -2.15. The summed E-state index contributed by atoms with van der Waals surface area (Å²) in [6.45, 7) is 7.58. The monoisotopic (exact) mass is 432 g/mol. The first-order valence-electron chi connectivity index (χ1n) is 8.32. The van der Waals surface area contributed by atoms with Gasteiger partial charge in [0.1, 0.15) is 18.1 Å². The molecule has 0 fully saturated rings. The summed E-state index contributed by atoms with van der Waals surface area (Å²) in [4.78, 5) is 24.9. The highest BCUT2D eigenvalue weighted by Gasteiger charge is 2.17. The molecule has 0 heterocycles. The Kier molecular flexibility index (Phi) is 7.43. The minimum Gasteiger partial charge on any atom is -0.490 e. The van der Waals surface area contributed by atoms with Crippen LogP contribution in [0.25, 0.3) is 0 Å². The van der Waals surface area contributed by atoms with Crippen molar-refractivity contribution in [2.75, 3.05) is 6.61 Å². The molecule has 2 rings (SSSR count). The van der Waals surface area contributed by atoms with E-state index in [0.717, 1.165) is 4.47 Å². The van der Waals surface area contributed by atoms with Crippen LogP contribution in [0, 0.1) is 0 Å². The lowest BCUT2D eigenvalue weighted by molar-refractivity contribution is 0.0841. The van der Waals surface area contributed by atoms with Crippen molar-refractivity contribution in [2.24, 2.45) is 0 Å². The number of para-hydroxylation sites is 1. The maximum absolute atomic E-state index is 12.5. The molecule has 0 saturated carbocycles. The van der Waals surface area contributed by atoms with Gasteiger partial charge in [-0.05, 0) is 44.2 Å². The van der Waals surface area contributed by atoms with Gasteiger partial charge in [0, 0.05) is 4.47 Å². The van der Waals surface area contributed by atoms with Gasteiger partial charge in [-0.2, -0.15) is 0 Å². The highest BCUT2D eigenvalue weighted by atomic mass is 79.9. The van der Waals surface area contributed by atoms with Gasteiger partial charge in [0.05, 0.1) is 17.2 Å². The zero-order valence-corrected chi connectivity index (χ0v) is 16.7. The van der Waals surface area contributed by atoms with E-state index in [1.165, 1.54) is 0 Å². The van der Waals surface area contributed by atoms with E-state index in [1.54, 1.807) is 48.5 Å². The molecule has 0 radical (unpaired) electrons. The van der Waals surface area contributed by atoms with Gasteiger partial charge in [0.2, 0.25) is 0 Å². The predicted octanol–water partition coefficient (Wildman–Crippen LogP) is 3.88. The van der Waals surface area contributed by atoms with E-state index >= 15 is 0 Å². The van der Waals surface area contributed by atoms with Gasteiger partial charge in [-0.25, -0.2) is 0 Å². The Morgan fingerprint density at radius 3 is 2.41 bits per heavy atom. The fourth-order valence-electron chi connectivity index (χ4n) is 2.21. The van der Waals surface area contributed by atoms with Gasteiger partial charge in [-0.1, -0.05) is 40.7 Å². The average molecular weight is 433 g/mol. The van der Waals surface area contributed by atoms with Crippen LogP contribution in [0.2, 0.25) is 0 Å². The van der Waals surface area contributed by atoms with Crippen LogP contribution in [0.15, 0.2) is 59.6 Å². The fraction of sp³-hybridized carbons (Fsp3) is 0.200. The van der Waals surface area contributed by atoms with E-state index in [9.17, 15) is 9.59 Å². The van der Waals surface area contributed by atoms with Crippen LogP contribution in [-0.2, 0) is 0 Å². The molecular formula is C20H21BrN2O4. The van der Waals surface area contributed by atoms with Gasteiger partial charge in [0.25, 0.3) is 11.8 Å². The van der Waals surface area contributed by atoms with Crippen molar-refractivity contribution in [3.05, 3.63) is 70.7 Å². The molecule has 0 aliphatic carbocycles. The van der Waals surface area contributed by atoms with Crippen LogP contribution < -0.4 is 20.3 Å². The Morgan fingerprint density at radius 2 is 1.74 bits per heavy atom. The SMILES string of the molecule is C=CCOc1ccccc1C(=O)NNC(=O)c1cc(Br)ccc1OC(C)C. The number of hydrogen-bond acceptors (Lipinski definition) is 4. The van der Waals surface area contributed by atoms with Crippen molar-refractivity contribution in [3.8, 4) is 11.5 Å². The average Bonchev–Trinajstić information content (AvgIpc) is 2.65. The molecule has 2 amide bonds. The summed E-state index contributed by atoms with van der Waals surface area (Å²) in [6, 6.07) is 11.8. The molecule has 2 N–H and O–H groups in total. The van der Waals surface area contributed by atoms with Gasteiger partial charge in [-0.3, -0.25) is 20.4 Å². The van der Waals surface area contributed by atoms with E-state index in [4.69, 9.17) is 9.47 Å². The molecule has 0 saturated heterocycles. The molecule has 142 valence electrons. The predicted molar refractivity (Wildman–Crippen MR) is 107 cm³/mol. The molecule has 0 aromatic heterocycles. The largest absolute Gasteiger partial charge is 0.490 e. The Labute approximate surface area is 166 Å². The minimum atomic E-state index is -0.496. The lowest BCUT2D eigenvalue weighted by atomic mass is 10.2. The van der Waals surface area contributed by atoms with E-state index < -0.39 is 11.8 Å². The second-order valence-electron chi connectivity index (χ2n) is 5.81. The van der Waals surface area contributed by atoms with Crippen molar-refractivity contribution < 1.29 is 19.1 Å². The summed E-state index contributed by atoms with van der Waals surface area (Å²) in [5, 5.41) is 0. The third-order valence-corrected chi connectivity index (χ3v) is 3.82. The van der Waals surface area contributed by atoms with Crippen LogP contribution in [-0.4, -0.2) is 24.5 Å². The first-order chi connectivity index (χ1) is 12.9. The van der Waals surface area contributed by atoms with Crippen molar-refractivity contribution in [3.63, 3.8) is 0 Å². The van der Waals surface area contributed by atoms with Crippen LogP contribution in [0.3, 0.4) is 0 Å². The summed E-state index contributed by atoms with van der Waals surface area (Å²) in [5.41, 5.74) is 5.40. The Hall–Kier alpha value is -2.80. The summed E-state index contributed by atoms with van der Waals surface area (Å²) in [5.74, 6) is -0.167. The number of hydrogen-bond donors (Lipinski definition) is 2. The van der Waals surface area contributed by atoms with Gasteiger partial charge in [0.15, 0.2) is 0 Å². The highest BCUT2D eigenvalue weighted by molar-refractivity contribution is 9.10.